The van der Waals surface area contributed by atoms with Gasteiger partial charge in [0.25, 0.3) is 0 Å². The summed E-state index contributed by atoms with van der Waals surface area (Å²) in [6.07, 6.45) is 4.58. The second kappa shape index (κ2) is 3.99. The average molecular weight is 217 g/mol. The molecule has 72 valence electrons. The molecule has 1 fully saturated rings. The molecule has 0 aromatic carbocycles. The molecule has 1 nitrogen and oxygen atoms in total. The van der Waals surface area contributed by atoms with E-state index in [2.05, 4.69) is 0 Å². The highest BCUT2D eigenvalue weighted by Crippen LogP contribution is 2.38. The molecular weight excluding hydrogens is 204 g/mol. The van der Waals surface area contributed by atoms with Gasteiger partial charge < -0.3 is 5.11 Å². The Morgan fingerprint density at radius 2 is 2.15 bits per heavy atom. The smallest absolute Gasteiger partial charge is 0.0910 e. The van der Waals surface area contributed by atoms with Crippen molar-refractivity contribution in [3.05, 3.63) is 21.3 Å². The van der Waals surface area contributed by atoms with E-state index in [-0.39, 0.29) is 6.10 Å². The van der Waals surface area contributed by atoms with Crippen LogP contribution >= 0.6 is 22.9 Å². The minimum Gasteiger partial charge on any atom is -0.387 e. The van der Waals surface area contributed by atoms with E-state index in [4.69, 9.17) is 11.6 Å². The van der Waals surface area contributed by atoms with E-state index in [1.807, 2.05) is 11.4 Å². The van der Waals surface area contributed by atoms with Gasteiger partial charge in [-0.25, -0.2) is 0 Å². The zero-order chi connectivity index (χ0) is 9.26. The number of aliphatic hydroxyl groups is 1. The molecule has 1 unspecified atom stereocenters. The Morgan fingerprint density at radius 3 is 2.69 bits per heavy atom. The molecule has 1 N–H and O–H groups in total. The number of hydrogen-bond donors (Lipinski definition) is 1. The molecule has 1 atom stereocenters. The largest absolute Gasteiger partial charge is 0.387 e. The van der Waals surface area contributed by atoms with Crippen LogP contribution in [0.3, 0.4) is 0 Å². The third-order valence-corrected chi connectivity index (χ3v) is 4.08. The van der Waals surface area contributed by atoms with Crippen molar-refractivity contribution in [3.63, 3.8) is 0 Å². The Morgan fingerprint density at radius 1 is 1.46 bits per heavy atom. The van der Waals surface area contributed by atoms with Crippen LogP contribution in [0.4, 0.5) is 0 Å². The van der Waals surface area contributed by atoms with Gasteiger partial charge >= 0.3 is 0 Å². The molecule has 0 amide bonds. The Bertz CT molecular complexity index is 278. The van der Waals surface area contributed by atoms with E-state index < -0.39 is 0 Å². The lowest BCUT2D eigenvalue weighted by Crippen LogP contribution is -2.06. The van der Waals surface area contributed by atoms with Crippen LogP contribution in [0.15, 0.2) is 11.4 Å². The minimum absolute atomic E-state index is 0.278. The SMILES string of the molecule is OC(c1cc(Cl)cs1)C1CCCC1. The molecule has 1 aliphatic rings. The Kier molecular flexibility index (Phi) is 2.92. The van der Waals surface area contributed by atoms with E-state index >= 15 is 0 Å². The van der Waals surface area contributed by atoms with Crippen molar-refractivity contribution in [2.45, 2.75) is 31.8 Å². The third-order valence-electron chi connectivity index (χ3n) is 2.73. The van der Waals surface area contributed by atoms with E-state index in [1.54, 1.807) is 11.3 Å². The van der Waals surface area contributed by atoms with Crippen molar-refractivity contribution in [1.82, 2.24) is 0 Å². The molecule has 1 heterocycles. The first kappa shape index (κ1) is 9.50. The quantitative estimate of drug-likeness (QED) is 0.801. The molecule has 1 aromatic rings. The normalized spacial score (nSPS) is 20.8. The first-order valence-electron chi connectivity index (χ1n) is 4.69. The first-order valence-corrected chi connectivity index (χ1v) is 5.95. The predicted molar refractivity (Wildman–Crippen MR) is 56.2 cm³/mol. The van der Waals surface area contributed by atoms with Crippen LogP contribution in [0.25, 0.3) is 0 Å². The lowest BCUT2D eigenvalue weighted by atomic mass is 10.00. The van der Waals surface area contributed by atoms with Crippen molar-refractivity contribution < 1.29 is 5.11 Å². The standard InChI is InChI=1S/C10H13ClOS/c11-8-5-9(13-6-8)10(12)7-3-1-2-4-7/h5-7,10,12H,1-4H2. The molecule has 2 rings (SSSR count). The fourth-order valence-electron chi connectivity index (χ4n) is 1.99. The average Bonchev–Trinajstić information content (AvgIpc) is 2.72. The fraction of sp³-hybridized carbons (Fsp3) is 0.600. The van der Waals surface area contributed by atoms with Crippen LogP contribution in [0, 0.1) is 5.92 Å². The summed E-state index contributed by atoms with van der Waals surface area (Å²) in [5.41, 5.74) is 0. The predicted octanol–water partition coefficient (Wildman–Crippen LogP) is 3.63. The summed E-state index contributed by atoms with van der Waals surface area (Å²) in [5.74, 6) is 0.467. The molecule has 3 heteroatoms. The zero-order valence-corrected chi connectivity index (χ0v) is 8.94. The van der Waals surface area contributed by atoms with Gasteiger partial charge in [-0.2, -0.15) is 0 Å². The Hall–Kier alpha value is -0.0500. The van der Waals surface area contributed by atoms with E-state index in [9.17, 15) is 5.11 Å². The van der Waals surface area contributed by atoms with Gasteiger partial charge in [-0.05, 0) is 24.8 Å². The third kappa shape index (κ3) is 2.06. The summed E-state index contributed by atoms with van der Waals surface area (Å²) in [6, 6.07) is 1.88. The lowest BCUT2D eigenvalue weighted by Gasteiger charge is -2.15. The number of aliphatic hydroxyl groups excluding tert-OH is 1. The number of rotatable bonds is 2. The van der Waals surface area contributed by atoms with Gasteiger partial charge in [0.15, 0.2) is 0 Å². The Balaban J connectivity index is 2.07. The topological polar surface area (TPSA) is 20.2 Å². The zero-order valence-electron chi connectivity index (χ0n) is 7.37. The molecule has 1 aromatic heterocycles. The van der Waals surface area contributed by atoms with Crippen LogP contribution in [-0.4, -0.2) is 5.11 Å². The molecule has 0 saturated heterocycles. The highest BCUT2D eigenvalue weighted by atomic mass is 35.5. The molecule has 13 heavy (non-hydrogen) atoms. The highest BCUT2D eigenvalue weighted by Gasteiger charge is 2.25. The molecule has 0 bridgehead atoms. The molecule has 0 aliphatic heterocycles. The maximum absolute atomic E-state index is 9.99. The van der Waals surface area contributed by atoms with Crippen molar-refractivity contribution in [2.24, 2.45) is 5.92 Å². The molecule has 0 radical (unpaired) electrons. The summed E-state index contributed by atoms with van der Waals surface area (Å²) in [6.45, 7) is 0. The van der Waals surface area contributed by atoms with Crippen molar-refractivity contribution in [3.8, 4) is 0 Å². The maximum Gasteiger partial charge on any atom is 0.0910 e. The number of thiophene rings is 1. The second-order valence-corrected chi connectivity index (χ2v) is 5.04. The molecule has 1 aliphatic carbocycles. The number of halogens is 1. The summed E-state index contributed by atoms with van der Waals surface area (Å²) in [5, 5.41) is 12.6. The van der Waals surface area contributed by atoms with E-state index in [0.29, 0.717) is 5.92 Å². The number of hydrogen-bond acceptors (Lipinski definition) is 2. The maximum atomic E-state index is 9.99. The van der Waals surface area contributed by atoms with Gasteiger partial charge in [0.1, 0.15) is 0 Å². The van der Waals surface area contributed by atoms with Crippen molar-refractivity contribution in [1.29, 1.82) is 0 Å². The van der Waals surface area contributed by atoms with Crippen LogP contribution in [-0.2, 0) is 0 Å². The molecular formula is C10H13ClOS. The molecule has 1 saturated carbocycles. The van der Waals surface area contributed by atoms with Crippen LogP contribution in [0.1, 0.15) is 36.7 Å². The van der Waals surface area contributed by atoms with E-state index in [1.165, 1.54) is 12.8 Å². The first-order chi connectivity index (χ1) is 6.27. The summed E-state index contributed by atoms with van der Waals surface area (Å²) < 4.78 is 0. The van der Waals surface area contributed by atoms with Gasteiger partial charge in [-0.1, -0.05) is 24.4 Å². The van der Waals surface area contributed by atoms with Gasteiger partial charge in [0.05, 0.1) is 11.1 Å². The van der Waals surface area contributed by atoms with Crippen molar-refractivity contribution >= 4 is 22.9 Å². The monoisotopic (exact) mass is 216 g/mol. The summed E-state index contributed by atoms with van der Waals surface area (Å²) >= 11 is 7.37. The minimum atomic E-state index is -0.278. The van der Waals surface area contributed by atoms with Crippen LogP contribution in [0.2, 0.25) is 5.02 Å². The van der Waals surface area contributed by atoms with Gasteiger partial charge in [-0.3, -0.25) is 0 Å². The fourth-order valence-corrected chi connectivity index (χ4v) is 3.15. The highest BCUT2D eigenvalue weighted by molar-refractivity contribution is 7.10. The van der Waals surface area contributed by atoms with Gasteiger partial charge in [0, 0.05) is 10.3 Å². The van der Waals surface area contributed by atoms with Crippen LogP contribution in [0.5, 0.6) is 0 Å². The summed E-state index contributed by atoms with van der Waals surface area (Å²) in [4.78, 5) is 1.02. The van der Waals surface area contributed by atoms with Crippen LogP contribution < -0.4 is 0 Å². The molecule has 0 spiro atoms. The van der Waals surface area contributed by atoms with Gasteiger partial charge in [0.2, 0.25) is 0 Å². The van der Waals surface area contributed by atoms with E-state index in [0.717, 1.165) is 22.7 Å². The summed E-state index contributed by atoms with van der Waals surface area (Å²) in [7, 11) is 0. The van der Waals surface area contributed by atoms with Gasteiger partial charge in [-0.15, -0.1) is 11.3 Å². The Labute approximate surface area is 87.4 Å². The van der Waals surface area contributed by atoms with Crippen molar-refractivity contribution in [2.75, 3.05) is 0 Å². The lowest BCUT2D eigenvalue weighted by molar-refractivity contribution is 0.115. The second-order valence-electron chi connectivity index (χ2n) is 3.66.